The van der Waals surface area contributed by atoms with Crippen LogP contribution in [-0.2, 0) is 4.79 Å². The first-order valence-corrected chi connectivity index (χ1v) is 5.02. The van der Waals surface area contributed by atoms with E-state index >= 15 is 0 Å². The molecule has 0 aliphatic heterocycles. The van der Waals surface area contributed by atoms with Gasteiger partial charge < -0.3 is 10.4 Å². The van der Waals surface area contributed by atoms with E-state index in [4.69, 9.17) is 5.11 Å². The molecule has 0 aliphatic rings. The van der Waals surface area contributed by atoms with Crippen molar-refractivity contribution < 1.29 is 9.90 Å². The van der Waals surface area contributed by atoms with Crippen molar-refractivity contribution >= 4 is 5.91 Å². The molecule has 1 amide bonds. The Morgan fingerprint density at radius 1 is 1.46 bits per heavy atom. The van der Waals surface area contributed by atoms with Gasteiger partial charge in [0.05, 0.1) is 12.6 Å². The Morgan fingerprint density at radius 2 is 2.08 bits per heavy atom. The molecule has 78 valence electrons. The van der Waals surface area contributed by atoms with Crippen molar-refractivity contribution in [2.45, 2.75) is 46.1 Å². The highest BCUT2D eigenvalue weighted by Crippen LogP contribution is 2.01. The summed E-state index contributed by atoms with van der Waals surface area (Å²) in [4.78, 5) is 11.3. The lowest BCUT2D eigenvalue weighted by Gasteiger charge is -2.19. The van der Waals surface area contributed by atoms with E-state index < -0.39 is 0 Å². The molecule has 2 N–H and O–H groups in total. The standard InChI is InChI=1S/C10H21NO2/c1-4-5-6-10(13)11-9(7-12)8(2)3/h8-9,12H,4-7H2,1-3H3,(H,11,13). The van der Waals surface area contributed by atoms with Crippen molar-refractivity contribution in [2.75, 3.05) is 6.61 Å². The fourth-order valence-corrected chi connectivity index (χ4v) is 1.04. The highest BCUT2D eigenvalue weighted by atomic mass is 16.3. The molecular formula is C10H21NO2. The minimum Gasteiger partial charge on any atom is -0.394 e. The minimum atomic E-state index is -0.0932. The number of carbonyl (C=O) groups excluding carboxylic acids is 1. The van der Waals surface area contributed by atoms with E-state index in [1.54, 1.807) is 0 Å². The molecule has 3 heteroatoms. The molecule has 1 unspecified atom stereocenters. The van der Waals surface area contributed by atoms with Crippen LogP contribution in [0.4, 0.5) is 0 Å². The van der Waals surface area contributed by atoms with Crippen LogP contribution in [-0.4, -0.2) is 23.7 Å². The highest BCUT2D eigenvalue weighted by Gasteiger charge is 2.13. The lowest BCUT2D eigenvalue weighted by Crippen LogP contribution is -2.40. The molecule has 0 bridgehead atoms. The normalized spacial score (nSPS) is 13.0. The van der Waals surface area contributed by atoms with Gasteiger partial charge in [0.1, 0.15) is 0 Å². The van der Waals surface area contributed by atoms with E-state index in [0.717, 1.165) is 12.8 Å². The predicted molar refractivity (Wildman–Crippen MR) is 53.4 cm³/mol. The average Bonchev–Trinajstić information content (AvgIpc) is 2.10. The summed E-state index contributed by atoms with van der Waals surface area (Å²) in [5.74, 6) is 0.338. The summed E-state index contributed by atoms with van der Waals surface area (Å²) in [6.45, 7) is 6.05. The number of unbranched alkanes of at least 4 members (excludes halogenated alkanes) is 1. The van der Waals surface area contributed by atoms with Crippen molar-refractivity contribution in [2.24, 2.45) is 5.92 Å². The maximum absolute atomic E-state index is 11.3. The second kappa shape index (κ2) is 6.89. The summed E-state index contributed by atoms with van der Waals surface area (Å²) < 4.78 is 0. The number of rotatable bonds is 6. The zero-order chi connectivity index (χ0) is 10.3. The molecule has 0 radical (unpaired) electrons. The zero-order valence-electron chi connectivity index (χ0n) is 8.84. The second-order valence-corrected chi connectivity index (χ2v) is 3.70. The Labute approximate surface area is 80.5 Å². The van der Waals surface area contributed by atoms with Gasteiger partial charge in [0.2, 0.25) is 5.91 Å². The van der Waals surface area contributed by atoms with Crippen LogP contribution in [0.1, 0.15) is 40.0 Å². The van der Waals surface area contributed by atoms with Gasteiger partial charge >= 0.3 is 0 Å². The highest BCUT2D eigenvalue weighted by molar-refractivity contribution is 5.76. The summed E-state index contributed by atoms with van der Waals surface area (Å²) in [5.41, 5.74) is 0. The predicted octanol–water partition coefficient (Wildman–Crippen LogP) is 1.31. The maximum atomic E-state index is 11.3. The molecule has 13 heavy (non-hydrogen) atoms. The Balaban J connectivity index is 3.73. The molecule has 0 saturated carbocycles. The number of amides is 1. The number of nitrogens with one attached hydrogen (secondary N) is 1. The summed E-state index contributed by atoms with van der Waals surface area (Å²) in [6, 6.07) is -0.0932. The maximum Gasteiger partial charge on any atom is 0.220 e. The van der Waals surface area contributed by atoms with Crippen LogP contribution in [0.3, 0.4) is 0 Å². The van der Waals surface area contributed by atoms with Crippen LogP contribution in [0, 0.1) is 5.92 Å². The SMILES string of the molecule is CCCCC(=O)NC(CO)C(C)C. The van der Waals surface area contributed by atoms with Crippen LogP contribution in [0.2, 0.25) is 0 Å². The lowest BCUT2D eigenvalue weighted by molar-refractivity contribution is -0.122. The van der Waals surface area contributed by atoms with E-state index in [1.165, 1.54) is 0 Å². The number of carbonyl (C=O) groups is 1. The number of aliphatic hydroxyl groups is 1. The largest absolute Gasteiger partial charge is 0.394 e. The Bertz CT molecular complexity index is 146. The Morgan fingerprint density at radius 3 is 2.46 bits per heavy atom. The Hall–Kier alpha value is -0.570. The molecule has 1 atom stereocenters. The van der Waals surface area contributed by atoms with Gasteiger partial charge in [0, 0.05) is 6.42 Å². The van der Waals surface area contributed by atoms with Crippen LogP contribution < -0.4 is 5.32 Å². The van der Waals surface area contributed by atoms with Crippen LogP contribution >= 0.6 is 0 Å². The van der Waals surface area contributed by atoms with Gasteiger partial charge in [-0.1, -0.05) is 27.2 Å². The lowest BCUT2D eigenvalue weighted by atomic mass is 10.1. The fraction of sp³-hybridized carbons (Fsp3) is 0.900. The molecule has 0 aromatic carbocycles. The quantitative estimate of drug-likeness (QED) is 0.658. The third kappa shape index (κ3) is 5.64. The van der Waals surface area contributed by atoms with Crippen LogP contribution in [0.15, 0.2) is 0 Å². The van der Waals surface area contributed by atoms with Gasteiger partial charge in [-0.2, -0.15) is 0 Å². The first-order chi connectivity index (χ1) is 6.11. The van der Waals surface area contributed by atoms with Gasteiger partial charge in [0.15, 0.2) is 0 Å². The molecule has 0 aliphatic carbocycles. The van der Waals surface area contributed by atoms with Gasteiger partial charge in [-0.15, -0.1) is 0 Å². The van der Waals surface area contributed by atoms with Crippen LogP contribution in [0.5, 0.6) is 0 Å². The third-order valence-corrected chi connectivity index (χ3v) is 2.11. The number of hydrogen-bond acceptors (Lipinski definition) is 2. The molecule has 0 heterocycles. The monoisotopic (exact) mass is 187 g/mol. The summed E-state index contributed by atoms with van der Waals surface area (Å²) in [7, 11) is 0. The molecule has 0 spiro atoms. The molecule has 0 saturated heterocycles. The van der Waals surface area contributed by atoms with E-state index in [-0.39, 0.29) is 24.5 Å². The van der Waals surface area contributed by atoms with E-state index in [2.05, 4.69) is 12.2 Å². The van der Waals surface area contributed by atoms with Crippen molar-refractivity contribution in [3.05, 3.63) is 0 Å². The minimum absolute atomic E-state index is 0.0233. The molecule has 0 rings (SSSR count). The van der Waals surface area contributed by atoms with Gasteiger partial charge in [-0.3, -0.25) is 4.79 Å². The number of hydrogen-bond donors (Lipinski definition) is 2. The zero-order valence-corrected chi connectivity index (χ0v) is 8.84. The van der Waals surface area contributed by atoms with E-state index in [0.29, 0.717) is 6.42 Å². The molecular weight excluding hydrogens is 166 g/mol. The third-order valence-electron chi connectivity index (χ3n) is 2.11. The summed E-state index contributed by atoms with van der Waals surface area (Å²) >= 11 is 0. The molecule has 0 aromatic rings. The fourth-order valence-electron chi connectivity index (χ4n) is 1.04. The van der Waals surface area contributed by atoms with Crippen molar-refractivity contribution in [1.29, 1.82) is 0 Å². The number of aliphatic hydroxyl groups excluding tert-OH is 1. The topological polar surface area (TPSA) is 49.3 Å². The van der Waals surface area contributed by atoms with E-state index in [9.17, 15) is 4.79 Å². The van der Waals surface area contributed by atoms with Crippen molar-refractivity contribution in [3.63, 3.8) is 0 Å². The van der Waals surface area contributed by atoms with Crippen molar-refractivity contribution in [3.8, 4) is 0 Å². The second-order valence-electron chi connectivity index (χ2n) is 3.70. The molecule has 3 nitrogen and oxygen atoms in total. The first-order valence-electron chi connectivity index (χ1n) is 5.02. The van der Waals surface area contributed by atoms with Crippen LogP contribution in [0.25, 0.3) is 0 Å². The van der Waals surface area contributed by atoms with Crippen molar-refractivity contribution in [1.82, 2.24) is 5.32 Å². The summed E-state index contributed by atoms with van der Waals surface area (Å²) in [6.07, 6.45) is 2.51. The van der Waals surface area contributed by atoms with Gasteiger partial charge in [-0.05, 0) is 12.3 Å². The first kappa shape index (κ1) is 12.4. The molecule has 0 aromatic heterocycles. The smallest absolute Gasteiger partial charge is 0.220 e. The summed E-state index contributed by atoms with van der Waals surface area (Å²) in [5, 5.41) is 11.8. The van der Waals surface area contributed by atoms with Gasteiger partial charge in [0.25, 0.3) is 0 Å². The molecule has 0 fully saturated rings. The van der Waals surface area contributed by atoms with E-state index in [1.807, 2.05) is 13.8 Å². The van der Waals surface area contributed by atoms with Gasteiger partial charge in [-0.25, -0.2) is 0 Å². The average molecular weight is 187 g/mol. The Kier molecular flexibility index (Phi) is 6.59.